The Kier molecular flexibility index (Phi) is 3.39. The van der Waals surface area contributed by atoms with Crippen LogP contribution in [0.25, 0.3) is 0 Å². The van der Waals surface area contributed by atoms with Crippen molar-refractivity contribution >= 4 is 25.3 Å². The Bertz CT molecular complexity index is 386. The van der Waals surface area contributed by atoms with E-state index in [9.17, 15) is 0 Å². The Balaban J connectivity index is 2.15. The maximum atomic E-state index is 4.26. The van der Waals surface area contributed by atoms with Crippen LogP contribution in [0.5, 0.6) is 0 Å². The van der Waals surface area contributed by atoms with Gasteiger partial charge in [0.15, 0.2) is 0 Å². The van der Waals surface area contributed by atoms with E-state index in [4.69, 9.17) is 0 Å². The number of benzene rings is 2. The van der Waals surface area contributed by atoms with Crippen LogP contribution < -0.4 is 0 Å². The van der Waals surface area contributed by atoms with E-state index in [1.54, 1.807) is 0 Å². The topological polar surface area (TPSA) is 0 Å². The Labute approximate surface area is 101 Å². The molecule has 2 heteroatoms. The molecule has 0 saturated carbocycles. The van der Waals surface area contributed by atoms with Gasteiger partial charge >= 0.3 is 0 Å². The van der Waals surface area contributed by atoms with Crippen LogP contribution in [0.2, 0.25) is 0 Å². The lowest BCUT2D eigenvalue weighted by Crippen LogP contribution is -1.87. The van der Waals surface area contributed by atoms with Crippen molar-refractivity contribution in [1.29, 1.82) is 0 Å². The first-order chi connectivity index (χ1) is 7.24. The monoisotopic (exact) mass is 232 g/mol. The van der Waals surface area contributed by atoms with Gasteiger partial charge in [-0.2, -0.15) is 0 Å². The molecule has 0 spiro atoms. The first-order valence-electron chi connectivity index (χ1n) is 4.80. The Hall–Kier alpha value is -0.860. The number of rotatable bonds is 2. The summed E-state index contributed by atoms with van der Waals surface area (Å²) in [7, 11) is 0. The lowest BCUT2D eigenvalue weighted by atomic mass is 10.1. The van der Waals surface area contributed by atoms with Gasteiger partial charge in [-0.1, -0.05) is 24.3 Å². The van der Waals surface area contributed by atoms with Gasteiger partial charge in [0.05, 0.1) is 0 Å². The molecule has 0 heterocycles. The minimum Gasteiger partial charge on any atom is -0.143 e. The second kappa shape index (κ2) is 4.77. The van der Waals surface area contributed by atoms with Gasteiger partial charge in [0, 0.05) is 9.79 Å². The van der Waals surface area contributed by atoms with Gasteiger partial charge in [0.2, 0.25) is 0 Å². The maximum Gasteiger partial charge on any atom is 0.00401 e. The summed E-state index contributed by atoms with van der Waals surface area (Å²) < 4.78 is 0. The molecule has 0 unspecified atom stereocenters. The highest BCUT2D eigenvalue weighted by atomic mass is 32.1. The molecule has 76 valence electrons. The Morgan fingerprint density at radius 1 is 0.600 bits per heavy atom. The molecule has 0 radical (unpaired) electrons. The highest BCUT2D eigenvalue weighted by Crippen LogP contribution is 2.14. The van der Waals surface area contributed by atoms with Gasteiger partial charge in [-0.25, -0.2) is 0 Å². The van der Waals surface area contributed by atoms with Crippen LogP contribution in [-0.2, 0) is 6.42 Å². The second-order valence-electron chi connectivity index (χ2n) is 3.51. The molecule has 0 amide bonds. The summed E-state index contributed by atoms with van der Waals surface area (Å²) in [5.74, 6) is 0. The fourth-order valence-corrected chi connectivity index (χ4v) is 1.76. The van der Waals surface area contributed by atoms with Crippen molar-refractivity contribution in [3.63, 3.8) is 0 Å². The maximum absolute atomic E-state index is 4.26. The minimum absolute atomic E-state index is 0.960. The van der Waals surface area contributed by atoms with E-state index < -0.39 is 0 Å². The van der Waals surface area contributed by atoms with Gasteiger partial charge in [-0.15, -0.1) is 25.3 Å². The molecule has 0 atom stereocenters. The van der Waals surface area contributed by atoms with E-state index in [2.05, 4.69) is 49.5 Å². The van der Waals surface area contributed by atoms with Crippen molar-refractivity contribution in [3.05, 3.63) is 59.7 Å². The van der Waals surface area contributed by atoms with Crippen LogP contribution in [0.1, 0.15) is 11.1 Å². The Morgan fingerprint density at radius 2 is 0.933 bits per heavy atom. The average molecular weight is 232 g/mol. The van der Waals surface area contributed by atoms with Crippen molar-refractivity contribution in [3.8, 4) is 0 Å². The van der Waals surface area contributed by atoms with Crippen LogP contribution >= 0.6 is 25.3 Å². The molecule has 0 fully saturated rings. The zero-order valence-electron chi connectivity index (χ0n) is 8.22. The standard InChI is InChI=1S/C13H12S2/c14-12-5-1-10(2-6-12)9-11-3-7-13(15)8-4-11/h1-8,14-15H,9H2. The van der Waals surface area contributed by atoms with Crippen molar-refractivity contribution in [1.82, 2.24) is 0 Å². The summed E-state index contributed by atoms with van der Waals surface area (Å²) in [4.78, 5) is 2.01. The van der Waals surface area contributed by atoms with Crippen LogP contribution in [-0.4, -0.2) is 0 Å². The fourth-order valence-electron chi connectivity index (χ4n) is 1.46. The van der Waals surface area contributed by atoms with Crippen LogP contribution in [0.4, 0.5) is 0 Å². The zero-order chi connectivity index (χ0) is 10.7. The van der Waals surface area contributed by atoms with Crippen molar-refractivity contribution in [2.75, 3.05) is 0 Å². The largest absolute Gasteiger partial charge is 0.143 e. The van der Waals surface area contributed by atoms with Crippen molar-refractivity contribution in [2.24, 2.45) is 0 Å². The molecule has 15 heavy (non-hydrogen) atoms. The molecule has 0 aliphatic carbocycles. The molecule has 0 saturated heterocycles. The molecule has 0 aliphatic heterocycles. The normalized spacial score (nSPS) is 10.3. The minimum atomic E-state index is 0.960. The quantitative estimate of drug-likeness (QED) is 0.722. The summed E-state index contributed by atoms with van der Waals surface area (Å²) in [5.41, 5.74) is 2.61. The van der Waals surface area contributed by atoms with Gasteiger partial charge in [-0.05, 0) is 41.8 Å². The van der Waals surface area contributed by atoms with E-state index in [1.165, 1.54) is 11.1 Å². The van der Waals surface area contributed by atoms with Gasteiger partial charge in [0.1, 0.15) is 0 Å². The fraction of sp³-hybridized carbons (Fsp3) is 0.0769. The SMILES string of the molecule is Sc1ccc(Cc2ccc(S)cc2)cc1. The summed E-state index contributed by atoms with van der Waals surface area (Å²) in [6.45, 7) is 0. The van der Waals surface area contributed by atoms with E-state index in [0.29, 0.717) is 0 Å². The smallest absolute Gasteiger partial charge is 0.00401 e. The molecule has 2 aromatic rings. The second-order valence-corrected chi connectivity index (χ2v) is 4.54. The number of hydrogen-bond acceptors (Lipinski definition) is 2. The van der Waals surface area contributed by atoms with Gasteiger partial charge in [0.25, 0.3) is 0 Å². The van der Waals surface area contributed by atoms with Gasteiger partial charge < -0.3 is 0 Å². The third kappa shape index (κ3) is 3.05. The van der Waals surface area contributed by atoms with E-state index in [0.717, 1.165) is 16.2 Å². The summed E-state index contributed by atoms with van der Waals surface area (Å²) in [5, 5.41) is 0. The molecular weight excluding hydrogens is 220 g/mol. The molecule has 0 nitrogen and oxygen atoms in total. The van der Waals surface area contributed by atoms with Crippen molar-refractivity contribution in [2.45, 2.75) is 16.2 Å². The highest BCUT2D eigenvalue weighted by molar-refractivity contribution is 7.80. The third-order valence-corrected chi connectivity index (χ3v) is 2.88. The van der Waals surface area contributed by atoms with Crippen molar-refractivity contribution < 1.29 is 0 Å². The predicted octanol–water partition coefficient (Wildman–Crippen LogP) is 3.85. The molecule has 0 N–H and O–H groups in total. The van der Waals surface area contributed by atoms with Crippen LogP contribution in [0.15, 0.2) is 58.3 Å². The molecule has 0 aromatic heterocycles. The molecule has 2 aromatic carbocycles. The number of thiol groups is 2. The lowest BCUT2D eigenvalue weighted by Gasteiger charge is -2.02. The molecular formula is C13H12S2. The lowest BCUT2D eigenvalue weighted by molar-refractivity contribution is 1.17. The van der Waals surface area contributed by atoms with Gasteiger partial charge in [-0.3, -0.25) is 0 Å². The predicted molar refractivity (Wildman–Crippen MR) is 70.2 cm³/mol. The van der Waals surface area contributed by atoms with E-state index in [1.807, 2.05) is 24.3 Å². The zero-order valence-corrected chi connectivity index (χ0v) is 10.0. The third-order valence-electron chi connectivity index (χ3n) is 2.28. The van der Waals surface area contributed by atoms with Crippen LogP contribution in [0, 0.1) is 0 Å². The molecule has 2 rings (SSSR count). The first-order valence-corrected chi connectivity index (χ1v) is 5.69. The molecule has 0 aliphatic rings. The summed E-state index contributed by atoms with van der Waals surface area (Å²) >= 11 is 8.52. The van der Waals surface area contributed by atoms with E-state index >= 15 is 0 Å². The summed E-state index contributed by atoms with van der Waals surface area (Å²) in [6.07, 6.45) is 0.960. The average Bonchev–Trinajstić information content (AvgIpc) is 2.25. The first kappa shape index (κ1) is 10.7. The highest BCUT2D eigenvalue weighted by Gasteiger charge is 1.95. The van der Waals surface area contributed by atoms with Crippen LogP contribution in [0.3, 0.4) is 0 Å². The van der Waals surface area contributed by atoms with E-state index in [-0.39, 0.29) is 0 Å². The number of hydrogen-bond donors (Lipinski definition) is 2. The summed E-state index contributed by atoms with van der Waals surface area (Å²) in [6, 6.07) is 16.5. The Morgan fingerprint density at radius 3 is 1.27 bits per heavy atom. The molecule has 0 bridgehead atoms.